The molecule has 0 unspecified atom stereocenters. The molecule has 1 aliphatic heterocycles. The number of amides is 1. The number of non-ortho nitro benzene ring substituents is 1. The third kappa shape index (κ3) is 4.46. The second-order valence-corrected chi connectivity index (χ2v) is 8.09. The van der Waals surface area contributed by atoms with Gasteiger partial charge in [0.05, 0.1) is 41.2 Å². The lowest BCUT2D eigenvalue weighted by Gasteiger charge is -2.36. The van der Waals surface area contributed by atoms with E-state index in [1.165, 1.54) is 16.8 Å². The SMILES string of the molecule is COc1cc(OC)cc(-n2nnc(C)c2C(=O)N2CCN(c3ccc([N+](=O)[O-])cc3Cl)CC2)c1. The summed E-state index contributed by atoms with van der Waals surface area (Å²) in [6.45, 7) is 3.67. The van der Waals surface area contributed by atoms with E-state index in [-0.39, 0.29) is 11.6 Å². The third-order valence-corrected chi connectivity index (χ3v) is 5.97. The molecular weight excluding hydrogens is 464 g/mol. The standard InChI is InChI=1S/C22H23ClN6O5/c1-14-21(28(25-24-14)16-10-17(33-2)13-18(11-16)34-3)22(30)27-8-6-26(7-9-27)20-5-4-15(29(31)32)12-19(20)23/h4-5,10-13H,6-9H2,1-3H3. The molecule has 0 bridgehead atoms. The normalized spacial score (nSPS) is 13.6. The van der Waals surface area contributed by atoms with Gasteiger partial charge in [0.25, 0.3) is 11.6 Å². The Kier molecular flexibility index (Phi) is 6.55. The first kappa shape index (κ1) is 23.3. The highest BCUT2D eigenvalue weighted by atomic mass is 35.5. The van der Waals surface area contributed by atoms with Crippen LogP contribution in [0.2, 0.25) is 5.02 Å². The zero-order valence-electron chi connectivity index (χ0n) is 18.9. The molecule has 0 radical (unpaired) electrons. The summed E-state index contributed by atoms with van der Waals surface area (Å²) in [6, 6.07) is 9.64. The maximum atomic E-state index is 13.5. The topological polar surface area (TPSA) is 116 Å². The first-order chi connectivity index (χ1) is 16.3. The molecule has 0 aliphatic carbocycles. The summed E-state index contributed by atoms with van der Waals surface area (Å²) in [5.74, 6) is 0.933. The van der Waals surface area contributed by atoms with Crippen LogP contribution in [-0.2, 0) is 0 Å². The number of hydrogen-bond donors (Lipinski definition) is 0. The molecule has 2 heterocycles. The number of methoxy groups -OCH3 is 2. The number of rotatable bonds is 6. The number of carbonyl (C=O) groups is 1. The van der Waals surface area contributed by atoms with Gasteiger partial charge in [-0.15, -0.1) is 5.10 Å². The maximum absolute atomic E-state index is 13.5. The molecule has 1 amide bonds. The number of aromatic nitrogens is 3. The molecule has 2 aromatic carbocycles. The Balaban J connectivity index is 1.54. The number of nitro groups is 1. The smallest absolute Gasteiger partial charge is 0.274 e. The quantitative estimate of drug-likeness (QED) is 0.385. The molecule has 178 valence electrons. The van der Waals surface area contributed by atoms with Crippen LogP contribution in [0.1, 0.15) is 16.2 Å². The number of hydrogen-bond acceptors (Lipinski definition) is 8. The van der Waals surface area contributed by atoms with E-state index in [1.807, 2.05) is 4.90 Å². The van der Waals surface area contributed by atoms with Crippen molar-refractivity contribution in [2.75, 3.05) is 45.3 Å². The molecule has 1 aromatic heterocycles. The van der Waals surface area contributed by atoms with Crippen molar-refractivity contribution in [1.82, 2.24) is 19.9 Å². The number of halogens is 1. The number of anilines is 1. The first-order valence-corrected chi connectivity index (χ1v) is 10.8. The molecule has 11 nitrogen and oxygen atoms in total. The van der Waals surface area contributed by atoms with Gasteiger partial charge in [0.2, 0.25) is 0 Å². The predicted octanol–water partition coefficient (Wildman–Crippen LogP) is 3.12. The van der Waals surface area contributed by atoms with Crippen LogP contribution >= 0.6 is 11.6 Å². The third-order valence-electron chi connectivity index (χ3n) is 5.67. The second-order valence-electron chi connectivity index (χ2n) is 7.68. The van der Waals surface area contributed by atoms with Crippen molar-refractivity contribution in [2.45, 2.75) is 6.92 Å². The average Bonchev–Trinajstić information content (AvgIpc) is 3.24. The lowest BCUT2D eigenvalue weighted by atomic mass is 10.2. The average molecular weight is 487 g/mol. The summed E-state index contributed by atoms with van der Waals surface area (Å²) < 4.78 is 12.2. The molecule has 0 N–H and O–H groups in total. The van der Waals surface area contributed by atoms with Gasteiger partial charge in [-0.05, 0) is 13.0 Å². The molecule has 0 spiro atoms. The van der Waals surface area contributed by atoms with Crippen LogP contribution < -0.4 is 14.4 Å². The summed E-state index contributed by atoms with van der Waals surface area (Å²) in [5.41, 5.74) is 2.10. The Morgan fingerprint density at radius 3 is 2.26 bits per heavy atom. The van der Waals surface area contributed by atoms with E-state index in [2.05, 4.69) is 10.3 Å². The van der Waals surface area contributed by atoms with Crippen LogP contribution in [0.15, 0.2) is 36.4 Å². The Morgan fingerprint density at radius 2 is 1.71 bits per heavy atom. The van der Waals surface area contributed by atoms with Crippen molar-refractivity contribution in [3.8, 4) is 17.2 Å². The molecule has 0 atom stereocenters. The van der Waals surface area contributed by atoms with Gasteiger partial charge in [0.1, 0.15) is 11.5 Å². The van der Waals surface area contributed by atoms with E-state index in [4.69, 9.17) is 21.1 Å². The molecule has 12 heteroatoms. The monoisotopic (exact) mass is 486 g/mol. The molecule has 34 heavy (non-hydrogen) atoms. The highest BCUT2D eigenvalue weighted by Crippen LogP contribution is 2.31. The molecule has 4 rings (SSSR count). The minimum absolute atomic E-state index is 0.0621. The number of piperazine rings is 1. The van der Waals surface area contributed by atoms with Gasteiger partial charge in [-0.1, -0.05) is 16.8 Å². The lowest BCUT2D eigenvalue weighted by Crippen LogP contribution is -2.49. The summed E-state index contributed by atoms with van der Waals surface area (Å²) in [4.78, 5) is 27.7. The van der Waals surface area contributed by atoms with E-state index in [0.29, 0.717) is 65.5 Å². The van der Waals surface area contributed by atoms with Crippen LogP contribution in [0.25, 0.3) is 5.69 Å². The number of ether oxygens (including phenoxy) is 2. The number of nitro benzene ring substituents is 1. The van der Waals surface area contributed by atoms with Gasteiger partial charge in [-0.2, -0.15) is 0 Å². The minimum atomic E-state index is -0.482. The summed E-state index contributed by atoms with van der Waals surface area (Å²) in [7, 11) is 3.10. The zero-order valence-corrected chi connectivity index (χ0v) is 19.7. The first-order valence-electron chi connectivity index (χ1n) is 10.5. The van der Waals surface area contributed by atoms with Gasteiger partial charge in [0, 0.05) is 56.5 Å². The van der Waals surface area contributed by atoms with Gasteiger partial charge < -0.3 is 19.3 Å². The van der Waals surface area contributed by atoms with Crippen LogP contribution in [0.4, 0.5) is 11.4 Å². The van der Waals surface area contributed by atoms with Gasteiger partial charge >= 0.3 is 0 Å². The van der Waals surface area contributed by atoms with Crippen molar-refractivity contribution in [3.05, 3.63) is 62.9 Å². The van der Waals surface area contributed by atoms with E-state index in [0.717, 1.165) is 0 Å². The molecule has 0 saturated carbocycles. The lowest BCUT2D eigenvalue weighted by molar-refractivity contribution is -0.384. The Morgan fingerprint density at radius 1 is 1.06 bits per heavy atom. The van der Waals surface area contributed by atoms with Crippen molar-refractivity contribution in [1.29, 1.82) is 0 Å². The second kappa shape index (κ2) is 9.56. The van der Waals surface area contributed by atoms with Crippen LogP contribution in [0.3, 0.4) is 0 Å². The largest absolute Gasteiger partial charge is 0.497 e. The predicted molar refractivity (Wildman–Crippen MR) is 125 cm³/mol. The summed E-state index contributed by atoms with van der Waals surface area (Å²) in [5, 5.41) is 19.6. The van der Waals surface area contributed by atoms with E-state index < -0.39 is 4.92 Å². The van der Waals surface area contributed by atoms with Gasteiger partial charge in [0.15, 0.2) is 5.69 Å². The molecule has 1 fully saturated rings. The highest BCUT2D eigenvalue weighted by Gasteiger charge is 2.28. The molecule has 3 aromatic rings. The van der Waals surface area contributed by atoms with Crippen LogP contribution in [0, 0.1) is 17.0 Å². The van der Waals surface area contributed by atoms with Gasteiger partial charge in [-0.25, -0.2) is 4.68 Å². The highest BCUT2D eigenvalue weighted by molar-refractivity contribution is 6.33. The number of benzene rings is 2. The van der Waals surface area contributed by atoms with Crippen LogP contribution in [0.5, 0.6) is 11.5 Å². The maximum Gasteiger partial charge on any atom is 0.274 e. The van der Waals surface area contributed by atoms with Gasteiger partial charge in [-0.3, -0.25) is 14.9 Å². The van der Waals surface area contributed by atoms with Crippen molar-refractivity contribution < 1.29 is 19.2 Å². The Bertz CT molecular complexity index is 1220. The Hall–Kier alpha value is -3.86. The fourth-order valence-corrected chi connectivity index (χ4v) is 4.16. The number of carbonyl (C=O) groups excluding carboxylic acids is 1. The molecule has 1 saturated heterocycles. The molecular formula is C22H23ClN6O5. The van der Waals surface area contributed by atoms with E-state index in [9.17, 15) is 14.9 Å². The zero-order chi connectivity index (χ0) is 24.4. The summed E-state index contributed by atoms with van der Waals surface area (Å²) in [6.07, 6.45) is 0. The van der Waals surface area contributed by atoms with E-state index >= 15 is 0 Å². The Labute approximate surface area is 200 Å². The van der Waals surface area contributed by atoms with Crippen molar-refractivity contribution in [3.63, 3.8) is 0 Å². The van der Waals surface area contributed by atoms with Crippen LogP contribution in [-0.4, -0.2) is 71.1 Å². The van der Waals surface area contributed by atoms with Crippen molar-refractivity contribution in [2.24, 2.45) is 0 Å². The van der Waals surface area contributed by atoms with E-state index in [1.54, 1.807) is 50.3 Å². The fraction of sp³-hybridized carbons (Fsp3) is 0.318. The minimum Gasteiger partial charge on any atom is -0.497 e. The van der Waals surface area contributed by atoms with Crippen molar-refractivity contribution >= 4 is 28.9 Å². The fourth-order valence-electron chi connectivity index (χ4n) is 3.86. The molecule has 1 aliphatic rings. The summed E-state index contributed by atoms with van der Waals surface area (Å²) >= 11 is 6.28. The number of nitrogens with zero attached hydrogens (tertiary/aromatic N) is 6. The number of aryl methyl sites for hydroxylation is 1.